The van der Waals surface area contributed by atoms with Gasteiger partial charge < -0.3 is 9.84 Å². The second-order valence-electron chi connectivity index (χ2n) is 7.38. The number of nitrogens with zero attached hydrogens (tertiary/aromatic N) is 3. The fourth-order valence-corrected chi connectivity index (χ4v) is 4.06. The van der Waals surface area contributed by atoms with Gasteiger partial charge in [0.05, 0.1) is 5.56 Å². The minimum absolute atomic E-state index is 0.326. The Morgan fingerprint density at radius 2 is 2.23 bits per heavy atom. The van der Waals surface area contributed by atoms with Crippen LogP contribution in [0.4, 0.5) is 0 Å². The molecule has 2 atom stereocenters. The van der Waals surface area contributed by atoms with E-state index in [-0.39, 0.29) is 0 Å². The zero-order chi connectivity index (χ0) is 18.1. The smallest absolute Gasteiger partial charge is 0.335 e. The minimum Gasteiger partial charge on any atom is -0.478 e. The number of aromatic nitrogens is 3. The lowest BCUT2D eigenvalue weighted by molar-refractivity contribution is 0.0696. The molecule has 1 saturated carbocycles. The monoisotopic (exact) mass is 356 g/mol. The fourth-order valence-electron chi connectivity index (χ4n) is 4.06. The molecule has 4 rings (SSSR count). The Morgan fingerprint density at radius 3 is 2.96 bits per heavy atom. The second-order valence-corrected chi connectivity index (χ2v) is 7.38. The number of H-pyrrole nitrogens is 1. The van der Waals surface area contributed by atoms with E-state index >= 15 is 0 Å². The maximum absolute atomic E-state index is 11.2. The molecule has 1 aromatic carbocycles. The molecule has 0 unspecified atom stereocenters. The highest BCUT2D eigenvalue weighted by Gasteiger charge is 2.44. The number of aromatic amines is 1. The minimum atomic E-state index is -0.881. The van der Waals surface area contributed by atoms with Gasteiger partial charge in [-0.15, -0.1) is 0 Å². The number of rotatable bonds is 7. The molecule has 26 heavy (non-hydrogen) atoms. The van der Waals surface area contributed by atoms with Gasteiger partial charge in [-0.1, -0.05) is 12.1 Å². The molecule has 2 aliphatic rings. The van der Waals surface area contributed by atoms with Crippen molar-refractivity contribution in [1.82, 2.24) is 20.1 Å². The van der Waals surface area contributed by atoms with Crippen molar-refractivity contribution in [2.75, 3.05) is 20.2 Å². The number of hydrogen-bond acceptors (Lipinski definition) is 5. The molecule has 7 heteroatoms. The summed E-state index contributed by atoms with van der Waals surface area (Å²) in [4.78, 5) is 18.2. The molecule has 0 spiro atoms. The molecule has 1 aliphatic carbocycles. The number of hydrogen-bond donors (Lipinski definition) is 2. The van der Waals surface area contributed by atoms with Crippen LogP contribution in [0.25, 0.3) is 0 Å². The lowest BCUT2D eigenvalue weighted by Gasteiger charge is -2.16. The van der Waals surface area contributed by atoms with Crippen LogP contribution in [-0.4, -0.2) is 51.4 Å². The summed E-state index contributed by atoms with van der Waals surface area (Å²) < 4.78 is 5.13. The first-order valence-corrected chi connectivity index (χ1v) is 9.08. The molecule has 2 N–H and O–H groups in total. The third-order valence-corrected chi connectivity index (χ3v) is 5.41. The molecular formula is C19H24N4O3. The van der Waals surface area contributed by atoms with Crippen LogP contribution in [0.1, 0.15) is 46.3 Å². The van der Waals surface area contributed by atoms with Crippen LogP contribution >= 0.6 is 0 Å². The highest BCUT2D eigenvalue weighted by molar-refractivity contribution is 5.87. The van der Waals surface area contributed by atoms with Crippen LogP contribution in [0, 0.1) is 11.8 Å². The third-order valence-electron chi connectivity index (χ3n) is 5.41. The van der Waals surface area contributed by atoms with Crippen LogP contribution in [0.15, 0.2) is 24.3 Å². The molecule has 2 heterocycles. The van der Waals surface area contributed by atoms with E-state index in [4.69, 9.17) is 4.74 Å². The molecule has 2 fully saturated rings. The van der Waals surface area contributed by atoms with E-state index in [1.54, 1.807) is 19.2 Å². The van der Waals surface area contributed by atoms with Crippen molar-refractivity contribution >= 4 is 5.97 Å². The molecule has 2 aromatic rings. The van der Waals surface area contributed by atoms with E-state index in [1.165, 1.54) is 12.8 Å². The van der Waals surface area contributed by atoms with E-state index in [1.807, 2.05) is 12.1 Å². The molecule has 1 saturated heterocycles. The molecule has 0 radical (unpaired) electrons. The van der Waals surface area contributed by atoms with Gasteiger partial charge in [0.2, 0.25) is 0 Å². The summed E-state index contributed by atoms with van der Waals surface area (Å²) in [6, 6.07) is 7.22. The number of likely N-dealkylation sites (tertiary alicyclic amines) is 1. The average Bonchev–Trinajstić information content (AvgIpc) is 3.23. The second kappa shape index (κ2) is 7.17. The van der Waals surface area contributed by atoms with Gasteiger partial charge in [-0.25, -0.2) is 9.78 Å². The van der Waals surface area contributed by atoms with Crippen molar-refractivity contribution in [2.45, 2.75) is 31.9 Å². The zero-order valence-corrected chi connectivity index (χ0v) is 14.9. The van der Waals surface area contributed by atoms with Crippen LogP contribution < -0.4 is 0 Å². The Balaban J connectivity index is 1.48. The normalized spacial score (nSPS) is 23.4. The topological polar surface area (TPSA) is 91.3 Å². The summed E-state index contributed by atoms with van der Waals surface area (Å²) in [5.74, 6) is 2.43. The van der Waals surface area contributed by atoms with Crippen molar-refractivity contribution in [3.05, 3.63) is 47.0 Å². The van der Waals surface area contributed by atoms with Crippen molar-refractivity contribution in [1.29, 1.82) is 0 Å². The quantitative estimate of drug-likeness (QED) is 0.791. The van der Waals surface area contributed by atoms with E-state index in [0.717, 1.165) is 42.8 Å². The number of carboxylic acids is 1. The Labute approximate surface area is 152 Å². The molecule has 7 nitrogen and oxygen atoms in total. The molecule has 1 aliphatic heterocycles. The van der Waals surface area contributed by atoms with Gasteiger partial charge >= 0.3 is 5.97 Å². The van der Waals surface area contributed by atoms with E-state index < -0.39 is 5.97 Å². The lowest BCUT2D eigenvalue weighted by Crippen LogP contribution is -2.20. The molecule has 138 valence electrons. The lowest BCUT2D eigenvalue weighted by atomic mass is 9.91. The van der Waals surface area contributed by atoms with Crippen molar-refractivity contribution in [2.24, 2.45) is 11.8 Å². The number of nitrogens with one attached hydrogen (secondary N) is 1. The third kappa shape index (κ3) is 3.64. The number of carboxylic acid groups (broad SMARTS) is 1. The Morgan fingerprint density at radius 1 is 1.38 bits per heavy atom. The first-order chi connectivity index (χ1) is 12.6. The molecule has 0 bridgehead atoms. The van der Waals surface area contributed by atoms with Crippen LogP contribution in [0.5, 0.6) is 0 Å². The number of carbonyl (C=O) groups is 1. The SMILES string of the molecule is COCc1nc([C@H]2CN(Cc3cccc(C(=O)O)c3)C[C@@H]2C2CC2)n[nH]1. The van der Waals surface area contributed by atoms with Crippen molar-refractivity contribution in [3.8, 4) is 0 Å². The summed E-state index contributed by atoms with van der Waals surface area (Å²) in [5, 5.41) is 16.6. The predicted octanol–water partition coefficient (Wildman–Crippen LogP) is 2.27. The summed E-state index contributed by atoms with van der Waals surface area (Å²) >= 11 is 0. The number of ether oxygens (including phenoxy) is 1. The number of methoxy groups -OCH3 is 1. The predicted molar refractivity (Wildman–Crippen MR) is 94.7 cm³/mol. The van der Waals surface area contributed by atoms with Gasteiger partial charge in [0.15, 0.2) is 11.6 Å². The fraction of sp³-hybridized carbons (Fsp3) is 0.526. The molecule has 0 amide bonds. The highest BCUT2D eigenvalue weighted by atomic mass is 16.5. The van der Waals surface area contributed by atoms with Crippen LogP contribution in [0.3, 0.4) is 0 Å². The molecular weight excluding hydrogens is 332 g/mol. The highest BCUT2D eigenvalue weighted by Crippen LogP contribution is 2.47. The number of benzene rings is 1. The maximum Gasteiger partial charge on any atom is 0.335 e. The first-order valence-electron chi connectivity index (χ1n) is 9.08. The van der Waals surface area contributed by atoms with Gasteiger partial charge in [-0.2, -0.15) is 5.10 Å². The van der Waals surface area contributed by atoms with Gasteiger partial charge in [0, 0.05) is 32.7 Å². The van der Waals surface area contributed by atoms with E-state index in [0.29, 0.717) is 24.0 Å². The van der Waals surface area contributed by atoms with Crippen LogP contribution in [-0.2, 0) is 17.9 Å². The summed E-state index contributed by atoms with van der Waals surface area (Å²) in [6.45, 7) is 3.12. The van der Waals surface area contributed by atoms with Crippen LogP contribution in [0.2, 0.25) is 0 Å². The Hall–Kier alpha value is -2.25. The van der Waals surface area contributed by atoms with Gasteiger partial charge in [-0.05, 0) is 42.4 Å². The maximum atomic E-state index is 11.2. The van der Waals surface area contributed by atoms with Crippen molar-refractivity contribution in [3.63, 3.8) is 0 Å². The van der Waals surface area contributed by atoms with E-state index in [2.05, 4.69) is 20.1 Å². The zero-order valence-electron chi connectivity index (χ0n) is 14.9. The standard InChI is InChI=1S/C19H24N4O3/c1-26-11-17-20-18(22-21-17)16-10-23(9-15(16)13-5-6-13)8-12-3-2-4-14(7-12)19(24)25/h2-4,7,13,15-16H,5-6,8-11H2,1H3,(H,24,25)(H,20,21,22)/t15-,16+/m1/s1. The van der Waals surface area contributed by atoms with Gasteiger partial charge in [0.25, 0.3) is 0 Å². The van der Waals surface area contributed by atoms with Gasteiger partial charge in [0.1, 0.15) is 6.61 Å². The largest absolute Gasteiger partial charge is 0.478 e. The summed E-state index contributed by atoms with van der Waals surface area (Å²) in [5.41, 5.74) is 1.38. The number of aromatic carboxylic acids is 1. The summed E-state index contributed by atoms with van der Waals surface area (Å²) in [6.07, 6.45) is 2.58. The van der Waals surface area contributed by atoms with E-state index in [9.17, 15) is 9.90 Å². The first kappa shape index (κ1) is 17.2. The summed E-state index contributed by atoms with van der Waals surface area (Å²) in [7, 11) is 1.65. The Kier molecular flexibility index (Phi) is 4.74. The van der Waals surface area contributed by atoms with Gasteiger partial charge in [-0.3, -0.25) is 10.00 Å². The average molecular weight is 356 g/mol. The molecule has 1 aromatic heterocycles. The van der Waals surface area contributed by atoms with Crippen molar-refractivity contribution < 1.29 is 14.6 Å². The Bertz CT molecular complexity index is 787.